The molecule has 4 nitrogen and oxygen atoms in total. The summed E-state index contributed by atoms with van der Waals surface area (Å²) in [5, 5.41) is 3.03. The molecule has 0 aromatic heterocycles. The first-order valence-corrected chi connectivity index (χ1v) is 9.51. The van der Waals surface area contributed by atoms with E-state index in [9.17, 15) is 4.79 Å². The average molecular weight is 372 g/mol. The van der Waals surface area contributed by atoms with Crippen LogP contribution < -0.4 is 10.1 Å². The average Bonchev–Trinajstić information content (AvgIpc) is 2.88. The van der Waals surface area contributed by atoms with Gasteiger partial charge in [-0.1, -0.05) is 66.7 Å². The molecule has 28 heavy (non-hydrogen) atoms. The molecule has 0 unspecified atom stereocenters. The van der Waals surface area contributed by atoms with Gasteiger partial charge in [0.25, 0.3) is 0 Å². The van der Waals surface area contributed by atoms with Crippen LogP contribution in [0.2, 0.25) is 0 Å². The summed E-state index contributed by atoms with van der Waals surface area (Å²) in [6.45, 7) is 2.33. The highest BCUT2D eigenvalue weighted by Gasteiger charge is 2.20. The number of benzene rings is 3. The maximum Gasteiger partial charge on any atom is 0.234 e. The number of amides is 1. The van der Waals surface area contributed by atoms with Crippen LogP contribution in [0.25, 0.3) is 11.1 Å². The fourth-order valence-corrected chi connectivity index (χ4v) is 3.79. The van der Waals surface area contributed by atoms with Gasteiger partial charge in [0.05, 0.1) is 13.7 Å². The molecule has 3 aromatic rings. The van der Waals surface area contributed by atoms with Crippen LogP contribution in [0.3, 0.4) is 0 Å². The molecular weight excluding hydrogens is 348 g/mol. The van der Waals surface area contributed by atoms with Gasteiger partial charge in [0.2, 0.25) is 5.91 Å². The zero-order valence-corrected chi connectivity index (χ0v) is 16.0. The number of rotatable bonds is 5. The first kappa shape index (κ1) is 18.3. The maximum atomic E-state index is 12.6. The van der Waals surface area contributed by atoms with Gasteiger partial charge in [-0.2, -0.15) is 0 Å². The van der Waals surface area contributed by atoms with E-state index >= 15 is 0 Å². The molecule has 0 bridgehead atoms. The number of fused-ring (bicyclic) bond motifs is 3. The number of para-hydroxylation sites is 1. The van der Waals surface area contributed by atoms with Gasteiger partial charge in [-0.15, -0.1) is 0 Å². The van der Waals surface area contributed by atoms with Crippen LogP contribution >= 0.6 is 0 Å². The highest BCUT2D eigenvalue weighted by Crippen LogP contribution is 2.32. The fraction of sp³-hybridized carbons (Fsp3) is 0.208. The van der Waals surface area contributed by atoms with Gasteiger partial charge >= 0.3 is 0 Å². The van der Waals surface area contributed by atoms with Crippen molar-refractivity contribution in [3.05, 3.63) is 89.5 Å². The van der Waals surface area contributed by atoms with E-state index in [1.54, 1.807) is 7.11 Å². The molecule has 1 heterocycles. The van der Waals surface area contributed by atoms with Crippen molar-refractivity contribution >= 4 is 5.91 Å². The van der Waals surface area contributed by atoms with Crippen molar-refractivity contribution in [2.75, 3.05) is 13.7 Å². The van der Waals surface area contributed by atoms with E-state index in [0.717, 1.165) is 24.4 Å². The second-order valence-electron chi connectivity index (χ2n) is 7.05. The third-order valence-electron chi connectivity index (χ3n) is 5.15. The highest BCUT2D eigenvalue weighted by atomic mass is 16.5. The van der Waals surface area contributed by atoms with E-state index in [2.05, 4.69) is 58.7 Å². The van der Waals surface area contributed by atoms with Crippen LogP contribution in [0, 0.1) is 0 Å². The maximum absolute atomic E-state index is 12.6. The van der Waals surface area contributed by atoms with Crippen molar-refractivity contribution in [1.29, 1.82) is 0 Å². The Bertz CT molecular complexity index is 936. The standard InChI is InChI=1S/C24H24N2O2/c1-28-23-13-7-4-8-18(23)14-25-24(27)17-26-15-19-9-2-5-11-21(19)22-12-6-3-10-20(22)16-26/h2-13H,14-17H2,1H3,(H,25,27). The lowest BCUT2D eigenvalue weighted by molar-refractivity contribution is -0.122. The Morgan fingerprint density at radius 3 is 2.11 bits per heavy atom. The van der Waals surface area contributed by atoms with Crippen LogP contribution in [0.1, 0.15) is 16.7 Å². The van der Waals surface area contributed by atoms with Gasteiger partial charge in [-0.25, -0.2) is 0 Å². The predicted octanol–water partition coefficient (Wildman–Crippen LogP) is 3.99. The second-order valence-corrected chi connectivity index (χ2v) is 7.05. The molecule has 4 rings (SSSR count). The van der Waals surface area contributed by atoms with Crippen molar-refractivity contribution in [3.8, 4) is 16.9 Å². The van der Waals surface area contributed by atoms with Gasteiger partial charge in [-0.05, 0) is 28.3 Å². The van der Waals surface area contributed by atoms with E-state index in [1.807, 2.05) is 24.3 Å². The second kappa shape index (κ2) is 8.28. The summed E-state index contributed by atoms with van der Waals surface area (Å²) < 4.78 is 5.36. The number of nitrogens with one attached hydrogen (secondary N) is 1. The minimum atomic E-state index is 0.0165. The van der Waals surface area contributed by atoms with Crippen molar-refractivity contribution in [2.24, 2.45) is 0 Å². The van der Waals surface area contributed by atoms with Crippen LogP contribution in [0.15, 0.2) is 72.8 Å². The monoisotopic (exact) mass is 372 g/mol. The molecular formula is C24H24N2O2. The van der Waals surface area contributed by atoms with E-state index in [4.69, 9.17) is 4.74 Å². The highest BCUT2D eigenvalue weighted by molar-refractivity contribution is 5.78. The summed E-state index contributed by atoms with van der Waals surface area (Å²) in [5.74, 6) is 0.809. The lowest BCUT2D eigenvalue weighted by Gasteiger charge is -2.20. The van der Waals surface area contributed by atoms with E-state index < -0.39 is 0 Å². The first-order chi connectivity index (χ1) is 13.7. The summed E-state index contributed by atoms with van der Waals surface area (Å²) in [4.78, 5) is 14.8. The number of nitrogens with zero attached hydrogens (tertiary/aromatic N) is 1. The Morgan fingerprint density at radius 1 is 0.893 bits per heavy atom. The number of methoxy groups -OCH3 is 1. The van der Waals surface area contributed by atoms with Gasteiger partial charge in [0, 0.05) is 25.2 Å². The van der Waals surface area contributed by atoms with E-state index in [-0.39, 0.29) is 5.91 Å². The molecule has 0 fully saturated rings. The van der Waals surface area contributed by atoms with Crippen molar-refractivity contribution < 1.29 is 9.53 Å². The van der Waals surface area contributed by atoms with Gasteiger partial charge in [0.1, 0.15) is 5.75 Å². The van der Waals surface area contributed by atoms with Crippen LogP contribution in [-0.4, -0.2) is 24.5 Å². The zero-order chi connectivity index (χ0) is 19.3. The normalized spacial score (nSPS) is 13.2. The molecule has 0 radical (unpaired) electrons. The number of carbonyl (C=O) groups is 1. The smallest absolute Gasteiger partial charge is 0.234 e. The number of hydrogen-bond donors (Lipinski definition) is 1. The summed E-state index contributed by atoms with van der Waals surface area (Å²) in [5.41, 5.74) is 6.00. The predicted molar refractivity (Wildman–Crippen MR) is 111 cm³/mol. The van der Waals surface area contributed by atoms with Crippen molar-refractivity contribution in [1.82, 2.24) is 10.2 Å². The third kappa shape index (κ3) is 3.92. The Hall–Kier alpha value is -3.11. The molecule has 4 heteroatoms. The molecule has 142 valence electrons. The first-order valence-electron chi connectivity index (χ1n) is 9.51. The topological polar surface area (TPSA) is 41.6 Å². The van der Waals surface area contributed by atoms with Crippen molar-refractivity contribution in [3.63, 3.8) is 0 Å². The summed E-state index contributed by atoms with van der Waals surface area (Å²) in [6.07, 6.45) is 0. The number of hydrogen-bond acceptors (Lipinski definition) is 3. The molecule has 0 aliphatic carbocycles. The zero-order valence-electron chi connectivity index (χ0n) is 16.0. The summed E-state index contributed by atoms with van der Waals surface area (Å²) >= 11 is 0. The largest absolute Gasteiger partial charge is 0.496 e. The molecule has 0 spiro atoms. The Balaban J connectivity index is 1.47. The van der Waals surface area contributed by atoms with E-state index in [1.165, 1.54) is 22.3 Å². The molecule has 1 N–H and O–H groups in total. The van der Waals surface area contributed by atoms with Crippen LogP contribution in [0.4, 0.5) is 0 Å². The lowest BCUT2D eigenvalue weighted by atomic mass is 9.97. The molecule has 1 aliphatic heterocycles. The summed E-state index contributed by atoms with van der Waals surface area (Å²) in [7, 11) is 1.65. The number of ether oxygens (including phenoxy) is 1. The van der Waals surface area contributed by atoms with E-state index in [0.29, 0.717) is 13.1 Å². The molecule has 1 amide bonds. The lowest BCUT2D eigenvalue weighted by Crippen LogP contribution is -2.36. The SMILES string of the molecule is COc1ccccc1CNC(=O)CN1Cc2ccccc2-c2ccccc2C1. The Kier molecular flexibility index (Phi) is 5.40. The Labute approximate surface area is 165 Å². The third-order valence-corrected chi connectivity index (χ3v) is 5.15. The number of carbonyl (C=O) groups excluding carboxylic acids is 1. The summed E-state index contributed by atoms with van der Waals surface area (Å²) in [6, 6.07) is 24.7. The van der Waals surface area contributed by atoms with Gasteiger partial charge < -0.3 is 10.1 Å². The van der Waals surface area contributed by atoms with Crippen LogP contribution in [0.5, 0.6) is 5.75 Å². The van der Waals surface area contributed by atoms with Crippen molar-refractivity contribution in [2.45, 2.75) is 19.6 Å². The Morgan fingerprint density at radius 2 is 1.46 bits per heavy atom. The molecule has 3 aromatic carbocycles. The minimum absolute atomic E-state index is 0.0165. The molecule has 0 saturated heterocycles. The molecule has 0 saturated carbocycles. The quantitative estimate of drug-likeness (QED) is 0.736. The fourth-order valence-electron chi connectivity index (χ4n) is 3.79. The molecule has 1 aliphatic rings. The van der Waals surface area contributed by atoms with Gasteiger partial charge in [-0.3, -0.25) is 9.69 Å². The van der Waals surface area contributed by atoms with Gasteiger partial charge in [0.15, 0.2) is 0 Å². The minimum Gasteiger partial charge on any atom is -0.496 e. The molecule has 0 atom stereocenters. The van der Waals surface area contributed by atoms with Crippen LogP contribution in [-0.2, 0) is 24.4 Å².